The Morgan fingerprint density at radius 2 is 2.27 bits per heavy atom. The van der Waals surface area contributed by atoms with Crippen LogP contribution in [0.3, 0.4) is 0 Å². The Labute approximate surface area is 65.7 Å². The summed E-state index contributed by atoms with van der Waals surface area (Å²) in [5.74, 6) is -0.217. The fourth-order valence-corrected chi connectivity index (χ4v) is 1.07. The van der Waals surface area contributed by atoms with Crippen LogP contribution >= 0.6 is 0 Å². The van der Waals surface area contributed by atoms with Gasteiger partial charge in [0.2, 0.25) is 0 Å². The number of aliphatic carboxylic acids is 1. The van der Waals surface area contributed by atoms with Crippen molar-refractivity contribution in [2.75, 3.05) is 6.61 Å². The normalized spacial score (nSPS) is 22.3. The van der Waals surface area contributed by atoms with Gasteiger partial charge in [0.1, 0.15) is 5.76 Å². The predicted molar refractivity (Wildman–Crippen MR) is 40.1 cm³/mol. The second-order valence-corrected chi connectivity index (χ2v) is 2.66. The van der Waals surface area contributed by atoms with Gasteiger partial charge in [-0.2, -0.15) is 0 Å². The van der Waals surface area contributed by atoms with Gasteiger partial charge in [-0.15, -0.1) is 0 Å². The van der Waals surface area contributed by atoms with E-state index in [1.54, 1.807) is 6.92 Å². The summed E-state index contributed by atoms with van der Waals surface area (Å²) in [7, 11) is 0. The average Bonchev–Trinajstić information content (AvgIpc) is 2.05. The van der Waals surface area contributed by atoms with Gasteiger partial charge in [0.05, 0.1) is 12.2 Å². The molecule has 1 heterocycles. The number of allylic oxidation sites excluding steroid dienone is 1. The highest BCUT2D eigenvalue weighted by Crippen LogP contribution is 2.19. The number of carbonyl (C=O) groups is 1. The predicted octanol–water partition coefficient (Wildman–Crippen LogP) is 1.55. The molecule has 62 valence electrons. The molecule has 0 aromatic heterocycles. The lowest BCUT2D eigenvalue weighted by atomic mass is 10.1. The molecule has 0 radical (unpaired) electrons. The standard InChI is InChI=1S/C8H12O3/c1-6(8(9)10)7-4-2-3-5-11-7/h2-5H2,1H3,(H,9,10). The topological polar surface area (TPSA) is 46.5 Å². The van der Waals surface area contributed by atoms with Gasteiger partial charge in [-0.25, -0.2) is 4.79 Å². The molecule has 1 aliphatic heterocycles. The van der Waals surface area contributed by atoms with E-state index in [9.17, 15) is 4.79 Å². The van der Waals surface area contributed by atoms with Gasteiger partial charge >= 0.3 is 5.97 Å². The maximum Gasteiger partial charge on any atom is 0.334 e. The largest absolute Gasteiger partial charge is 0.497 e. The molecule has 1 saturated heterocycles. The van der Waals surface area contributed by atoms with Crippen molar-refractivity contribution in [2.24, 2.45) is 0 Å². The van der Waals surface area contributed by atoms with Crippen molar-refractivity contribution in [1.82, 2.24) is 0 Å². The van der Waals surface area contributed by atoms with Crippen LogP contribution in [0.2, 0.25) is 0 Å². The lowest BCUT2D eigenvalue weighted by Crippen LogP contribution is -2.09. The van der Waals surface area contributed by atoms with Gasteiger partial charge < -0.3 is 9.84 Å². The van der Waals surface area contributed by atoms with E-state index in [1.165, 1.54) is 0 Å². The number of ether oxygens (including phenoxy) is 1. The maximum atomic E-state index is 10.5. The molecular formula is C8H12O3. The monoisotopic (exact) mass is 156 g/mol. The minimum Gasteiger partial charge on any atom is -0.497 e. The quantitative estimate of drug-likeness (QED) is 0.586. The number of carboxylic acids is 1. The summed E-state index contributed by atoms with van der Waals surface area (Å²) in [4.78, 5) is 10.5. The number of hydrogen-bond donors (Lipinski definition) is 1. The molecule has 0 bridgehead atoms. The summed E-state index contributed by atoms with van der Waals surface area (Å²) in [6.07, 6.45) is 2.86. The van der Waals surface area contributed by atoms with Crippen LogP contribution in [-0.4, -0.2) is 17.7 Å². The van der Waals surface area contributed by atoms with Gasteiger partial charge in [0, 0.05) is 6.42 Å². The summed E-state index contributed by atoms with van der Waals surface area (Å²) in [6, 6.07) is 0. The van der Waals surface area contributed by atoms with Crippen molar-refractivity contribution in [1.29, 1.82) is 0 Å². The minimum atomic E-state index is -0.873. The summed E-state index contributed by atoms with van der Waals surface area (Å²) in [5.41, 5.74) is 0.352. The van der Waals surface area contributed by atoms with Gasteiger partial charge in [0.15, 0.2) is 0 Å². The molecule has 0 aliphatic carbocycles. The summed E-state index contributed by atoms with van der Waals surface area (Å²) < 4.78 is 5.20. The Morgan fingerprint density at radius 1 is 1.55 bits per heavy atom. The van der Waals surface area contributed by atoms with Gasteiger partial charge in [-0.05, 0) is 19.8 Å². The van der Waals surface area contributed by atoms with Crippen molar-refractivity contribution in [3.63, 3.8) is 0 Å². The Morgan fingerprint density at radius 3 is 2.73 bits per heavy atom. The smallest absolute Gasteiger partial charge is 0.334 e. The zero-order chi connectivity index (χ0) is 8.27. The molecule has 3 heteroatoms. The Bertz CT molecular complexity index is 186. The molecule has 1 N–H and O–H groups in total. The summed E-state index contributed by atoms with van der Waals surface area (Å²) in [5, 5.41) is 8.60. The first-order chi connectivity index (χ1) is 5.22. The summed E-state index contributed by atoms with van der Waals surface area (Å²) in [6.45, 7) is 2.25. The van der Waals surface area contributed by atoms with Gasteiger partial charge in [0.25, 0.3) is 0 Å². The molecule has 1 rings (SSSR count). The van der Waals surface area contributed by atoms with Crippen LogP contribution in [0.1, 0.15) is 26.2 Å². The van der Waals surface area contributed by atoms with E-state index in [2.05, 4.69) is 0 Å². The molecular weight excluding hydrogens is 144 g/mol. The van der Waals surface area contributed by atoms with E-state index in [1.807, 2.05) is 0 Å². The molecule has 0 aromatic carbocycles. The lowest BCUT2D eigenvalue weighted by Gasteiger charge is -2.16. The zero-order valence-electron chi connectivity index (χ0n) is 6.59. The molecule has 0 saturated carbocycles. The first-order valence-corrected chi connectivity index (χ1v) is 3.77. The Balaban J connectivity index is 2.68. The SMILES string of the molecule is CC(C(=O)O)=C1CCCCO1. The second-order valence-electron chi connectivity index (χ2n) is 2.66. The number of hydrogen-bond acceptors (Lipinski definition) is 2. The molecule has 3 nitrogen and oxygen atoms in total. The third-order valence-corrected chi connectivity index (χ3v) is 1.81. The minimum absolute atomic E-state index is 0.352. The highest BCUT2D eigenvalue weighted by molar-refractivity contribution is 5.86. The fourth-order valence-electron chi connectivity index (χ4n) is 1.07. The molecule has 0 aromatic rings. The van der Waals surface area contributed by atoms with Crippen molar-refractivity contribution in [2.45, 2.75) is 26.2 Å². The second kappa shape index (κ2) is 3.42. The molecule has 1 fully saturated rings. The zero-order valence-corrected chi connectivity index (χ0v) is 6.59. The maximum absolute atomic E-state index is 10.5. The Hall–Kier alpha value is -0.990. The molecule has 11 heavy (non-hydrogen) atoms. The average molecular weight is 156 g/mol. The van der Waals surface area contributed by atoms with Crippen molar-refractivity contribution < 1.29 is 14.6 Å². The van der Waals surface area contributed by atoms with E-state index in [0.717, 1.165) is 19.3 Å². The highest BCUT2D eigenvalue weighted by atomic mass is 16.5. The van der Waals surface area contributed by atoms with Crippen molar-refractivity contribution in [3.05, 3.63) is 11.3 Å². The molecule has 0 spiro atoms. The van der Waals surface area contributed by atoms with E-state index in [4.69, 9.17) is 9.84 Å². The van der Waals surface area contributed by atoms with E-state index < -0.39 is 5.97 Å². The first kappa shape index (κ1) is 8.11. The van der Waals surface area contributed by atoms with Crippen LogP contribution in [0, 0.1) is 0 Å². The molecule has 0 amide bonds. The van der Waals surface area contributed by atoms with Crippen LogP contribution in [0.15, 0.2) is 11.3 Å². The number of rotatable bonds is 1. The molecule has 0 unspecified atom stereocenters. The lowest BCUT2D eigenvalue weighted by molar-refractivity contribution is -0.132. The molecule has 0 atom stereocenters. The van der Waals surface area contributed by atoms with Gasteiger partial charge in [-0.1, -0.05) is 0 Å². The molecule has 1 aliphatic rings. The van der Waals surface area contributed by atoms with E-state index in [-0.39, 0.29) is 0 Å². The van der Waals surface area contributed by atoms with Crippen molar-refractivity contribution in [3.8, 4) is 0 Å². The van der Waals surface area contributed by atoms with Crippen LogP contribution in [0.4, 0.5) is 0 Å². The van der Waals surface area contributed by atoms with Gasteiger partial charge in [-0.3, -0.25) is 0 Å². The first-order valence-electron chi connectivity index (χ1n) is 3.77. The van der Waals surface area contributed by atoms with Crippen LogP contribution < -0.4 is 0 Å². The van der Waals surface area contributed by atoms with Crippen LogP contribution in [0.25, 0.3) is 0 Å². The Kier molecular flexibility index (Phi) is 2.52. The van der Waals surface area contributed by atoms with Crippen LogP contribution in [-0.2, 0) is 9.53 Å². The van der Waals surface area contributed by atoms with E-state index >= 15 is 0 Å². The third-order valence-electron chi connectivity index (χ3n) is 1.81. The van der Waals surface area contributed by atoms with Crippen molar-refractivity contribution >= 4 is 5.97 Å². The summed E-state index contributed by atoms with van der Waals surface area (Å²) >= 11 is 0. The third kappa shape index (κ3) is 1.97. The van der Waals surface area contributed by atoms with E-state index in [0.29, 0.717) is 17.9 Å². The fraction of sp³-hybridized carbons (Fsp3) is 0.625. The number of carboxylic acid groups (broad SMARTS) is 1. The van der Waals surface area contributed by atoms with Crippen LogP contribution in [0.5, 0.6) is 0 Å². The highest BCUT2D eigenvalue weighted by Gasteiger charge is 2.13.